The molecule has 0 bridgehead atoms. The van der Waals surface area contributed by atoms with Crippen molar-refractivity contribution in [3.8, 4) is 12.0 Å². The Labute approximate surface area is 92.0 Å². The number of rotatable bonds is 3. The molecule has 1 aliphatic rings. The molecule has 0 aromatic carbocycles. The van der Waals surface area contributed by atoms with Gasteiger partial charge in [-0.15, -0.1) is 4.98 Å². The van der Waals surface area contributed by atoms with Crippen molar-refractivity contribution in [3.05, 3.63) is 5.28 Å². The molecule has 0 spiro atoms. The van der Waals surface area contributed by atoms with Gasteiger partial charge in [0.25, 0.3) is 0 Å². The molecule has 15 heavy (non-hydrogen) atoms. The fourth-order valence-corrected chi connectivity index (χ4v) is 1.48. The molecule has 1 saturated heterocycles. The van der Waals surface area contributed by atoms with Crippen LogP contribution in [0.4, 0.5) is 0 Å². The Morgan fingerprint density at radius 3 is 2.80 bits per heavy atom. The second-order valence-electron chi connectivity index (χ2n) is 3.11. The van der Waals surface area contributed by atoms with Gasteiger partial charge in [0.2, 0.25) is 5.28 Å². The van der Waals surface area contributed by atoms with Crippen LogP contribution in [0.3, 0.4) is 0 Å². The third-order valence-electron chi connectivity index (χ3n) is 2.04. The Morgan fingerprint density at radius 2 is 2.13 bits per heavy atom. The minimum absolute atomic E-state index is 0.0720. The molecule has 1 atom stereocenters. The van der Waals surface area contributed by atoms with E-state index in [-0.39, 0.29) is 23.4 Å². The summed E-state index contributed by atoms with van der Waals surface area (Å²) in [6.07, 6.45) is 1.03. The highest BCUT2D eigenvalue weighted by molar-refractivity contribution is 6.28. The lowest BCUT2D eigenvalue weighted by molar-refractivity contribution is 0.200. The quantitative estimate of drug-likeness (QED) is 0.804. The van der Waals surface area contributed by atoms with Crippen LogP contribution in [-0.2, 0) is 0 Å². The third-order valence-corrected chi connectivity index (χ3v) is 2.21. The van der Waals surface area contributed by atoms with Crippen molar-refractivity contribution in [1.29, 1.82) is 0 Å². The standard InChI is InChI=1S/C8H11ClN4O2/c1-14-7-11-6(9)12-8(13-7)15-5-2-3-10-4-5/h5,10H,2-4H2,1H3. The molecule has 82 valence electrons. The van der Waals surface area contributed by atoms with E-state index >= 15 is 0 Å². The molecule has 0 amide bonds. The summed E-state index contributed by atoms with van der Waals surface area (Å²) in [5.41, 5.74) is 0. The minimum atomic E-state index is 0.0720. The number of ether oxygens (including phenoxy) is 2. The van der Waals surface area contributed by atoms with Crippen LogP contribution in [-0.4, -0.2) is 41.3 Å². The molecule has 1 fully saturated rings. The SMILES string of the molecule is COc1nc(Cl)nc(OC2CCNC2)n1. The second-order valence-corrected chi connectivity index (χ2v) is 3.44. The zero-order chi connectivity index (χ0) is 10.7. The van der Waals surface area contributed by atoms with Gasteiger partial charge in [-0.2, -0.15) is 9.97 Å². The second kappa shape index (κ2) is 4.59. The molecule has 2 rings (SSSR count). The number of nitrogens with one attached hydrogen (secondary N) is 1. The van der Waals surface area contributed by atoms with E-state index in [9.17, 15) is 0 Å². The van der Waals surface area contributed by atoms with Gasteiger partial charge in [-0.05, 0) is 24.6 Å². The van der Waals surface area contributed by atoms with Crippen LogP contribution in [0.1, 0.15) is 6.42 Å². The van der Waals surface area contributed by atoms with Gasteiger partial charge in [-0.3, -0.25) is 0 Å². The summed E-state index contributed by atoms with van der Waals surface area (Å²) in [4.78, 5) is 11.5. The number of hydrogen-bond acceptors (Lipinski definition) is 6. The van der Waals surface area contributed by atoms with E-state index in [4.69, 9.17) is 21.1 Å². The maximum atomic E-state index is 5.68. The fraction of sp³-hybridized carbons (Fsp3) is 0.625. The number of halogens is 1. The first kappa shape index (κ1) is 10.4. The lowest BCUT2D eigenvalue weighted by Crippen LogP contribution is -2.20. The molecule has 0 aliphatic carbocycles. The molecule has 0 radical (unpaired) electrons. The maximum absolute atomic E-state index is 5.68. The third kappa shape index (κ3) is 2.66. The zero-order valence-corrected chi connectivity index (χ0v) is 8.99. The molecule has 1 N–H and O–H groups in total. The van der Waals surface area contributed by atoms with Gasteiger partial charge >= 0.3 is 12.0 Å². The zero-order valence-electron chi connectivity index (χ0n) is 8.23. The van der Waals surface area contributed by atoms with E-state index in [0.717, 1.165) is 19.5 Å². The number of nitrogens with zero attached hydrogens (tertiary/aromatic N) is 3. The lowest BCUT2D eigenvalue weighted by Gasteiger charge is -2.10. The predicted octanol–water partition coefficient (Wildman–Crippen LogP) is 0.274. The molecular weight excluding hydrogens is 220 g/mol. The van der Waals surface area contributed by atoms with E-state index in [2.05, 4.69) is 20.3 Å². The summed E-state index contributed by atoms with van der Waals surface area (Å²) in [6, 6.07) is 0.372. The minimum Gasteiger partial charge on any atom is -0.467 e. The highest BCUT2D eigenvalue weighted by atomic mass is 35.5. The summed E-state index contributed by atoms with van der Waals surface area (Å²) in [7, 11) is 1.46. The molecule has 2 heterocycles. The Kier molecular flexibility index (Phi) is 3.17. The molecule has 0 saturated carbocycles. The van der Waals surface area contributed by atoms with E-state index in [1.807, 2.05) is 0 Å². The predicted molar refractivity (Wildman–Crippen MR) is 53.3 cm³/mol. The number of aromatic nitrogens is 3. The van der Waals surface area contributed by atoms with Crippen molar-refractivity contribution < 1.29 is 9.47 Å². The highest BCUT2D eigenvalue weighted by Crippen LogP contribution is 2.15. The van der Waals surface area contributed by atoms with Gasteiger partial charge in [-0.25, -0.2) is 0 Å². The molecule has 1 unspecified atom stereocenters. The summed E-state index contributed by atoms with van der Waals surface area (Å²) < 4.78 is 10.4. The molecule has 1 aromatic rings. The Balaban J connectivity index is 2.09. The van der Waals surface area contributed by atoms with Gasteiger partial charge in [-0.1, -0.05) is 0 Å². The van der Waals surface area contributed by atoms with Crippen molar-refractivity contribution in [2.45, 2.75) is 12.5 Å². The van der Waals surface area contributed by atoms with E-state index in [0.29, 0.717) is 0 Å². The van der Waals surface area contributed by atoms with Crippen LogP contribution < -0.4 is 14.8 Å². The topological polar surface area (TPSA) is 69.2 Å². The van der Waals surface area contributed by atoms with Crippen LogP contribution in [0, 0.1) is 0 Å². The van der Waals surface area contributed by atoms with Gasteiger partial charge in [0.05, 0.1) is 7.11 Å². The number of methoxy groups -OCH3 is 1. The fourth-order valence-electron chi connectivity index (χ4n) is 1.34. The number of hydrogen-bond donors (Lipinski definition) is 1. The van der Waals surface area contributed by atoms with Gasteiger partial charge in [0.15, 0.2) is 0 Å². The van der Waals surface area contributed by atoms with E-state index in [1.54, 1.807) is 0 Å². The van der Waals surface area contributed by atoms with Crippen molar-refractivity contribution >= 4 is 11.6 Å². The smallest absolute Gasteiger partial charge is 0.324 e. The molecule has 1 aliphatic heterocycles. The first-order valence-electron chi connectivity index (χ1n) is 4.61. The molecule has 1 aromatic heterocycles. The van der Waals surface area contributed by atoms with Crippen molar-refractivity contribution in [1.82, 2.24) is 20.3 Å². The normalized spacial score (nSPS) is 20.3. The highest BCUT2D eigenvalue weighted by Gasteiger charge is 2.18. The summed E-state index contributed by atoms with van der Waals surface area (Å²) >= 11 is 5.68. The van der Waals surface area contributed by atoms with Crippen molar-refractivity contribution in [2.24, 2.45) is 0 Å². The molecular formula is C8H11ClN4O2. The van der Waals surface area contributed by atoms with Gasteiger partial charge in [0.1, 0.15) is 6.10 Å². The Bertz CT molecular complexity index is 343. The van der Waals surface area contributed by atoms with E-state index < -0.39 is 0 Å². The van der Waals surface area contributed by atoms with E-state index in [1.165, 1.54) is 7.11 Å². The van der Waals surface area contributed by atoms with Crippen LogP contribution in [0.25, 0.3) is 0 Å². The van der Waals surface area contributed by atoms with Crippen molar-refractivity contribution in [3.63, 3.8) is 0 Å². The van der Waals surface area contributed by atoms with Gasteiger partial charge in [0, 0.05) is 6.54 Å². The molecule has 6 nitrogen and oxygen atoms in total. The maximum Gasteiger partial charge on any atom is 0.324 e. The lowest BCUT2D eigenvalue weighted by atomic mass is 10.3. The molecule has 7 heteroatoms. The average molecular weight is 231 g/mol. The largest absolute Gasteiger partial charge is 0.467 e. The summed E-state index contributed by atoms with van der Waals surface area (Å²) in [5.74, 6) is 0. The van der Waals surface area contributed by atoms with Crippen LogP contribution in [0.5, 0.6) is 12.0 Å². The van der Waals surface area contributed by atoms with Crippen LogP contribution in [0.2, 0.25) is 5.28 Å². The van der Waals surface area contributed by atoms with Gasteiger partial charge < -0.3 is 14.8 Å². The Hall–Kier alpha value is -1.14. The Morgan fingerprint density at radius 1 is 1.33 bits per heavy atom. The average Bonchev–Trinajstić information content (AvgIpc) is 2.69. The first-order chi connectivity index (χ1) is 7.28. The van der Waals surface area contributed by atoms with Crippen molar-refractivity contribution in [2.75, 3.05) is 20.2 Å². The first-order valence-corrected chi connectivity index (χ1v) is 4.98. The summed E-state index contributed by atoms with van der Waals surface area (Å²) in [6.45, 7) is 1.74. The summed E-state index contributed by atoms with van der Waals surface area (Å²) in [5, 5.41) is 3.25. The van der Waals surface area contributed by atoms with Crippen LogP contribution in [0.15, 0.2) is 0 Å². The monoisotopic (exact) mass is 230 g/mol. The van der Waals surface area contributed by atoms with Crippen LogP contribution >= 0.6 is 11.6 Å².